The third-order valence-corrected chi connectivity index (χ3v) is 18.9. The zero-order chi connectivity index (χ0) is 86.9. The van der Waals surface area contributed by atoms with Crippen LogP contribution in [-0.2, 0) is 17.8 Å². The molecule has 0 aromatic heterocycles. The Labute approximate surface area is 610 Å². The van der Waals surface area contributed by atoms with Crippen LogP contribution in [0.5, 0.6) is 28.7 Å². The summed E-state index contributed by atoms with van der Waals surface area (Å²) in [5, 5.41) is -0.656. The monoisotopic (exact) mass is 1670 g/mol. The van der Waals surface area contributed by atoms with Crippen LogP contribution in [0.2, 0.25) is 6.55 Å². The predicted molar refractivity (Wildman–Crippen MR) is 341 cm³/mol. The first kappa shape index (κ1) is 102. The van der Waals surface area contributed by atoms with Gasteiger partial charge in [0.2, 0.25) is 0 Å². The summed E-state index contributed by atoms with van der Waals surface area (Å²) in [5.74, 6) is -15.0. The zero-order valence-corrected chi connectivity index (χ0v) is 61.4. The van der Waals surface area contributed by atoms with E-state index in [0.29, 0.717) is 54.0 Å². The van der Waals surface area contributed by atoms with E-state index in [0.717, 1.165) is 54.1 Å². The van der Waals surface area contributed by atoms with Gasteiger partial charge < -0.3 is 23.7 Å². The van der Waals surface area contributed by atoms with Crippen LogP contribution in [0.3, 0.4) is 0 Å². The van der Waals surface area contributed by atoms with Gasteiger partial charge in [0.1, 0.15) is 5.75 Å². The first-order valence-corrected chi connectivity index (χ1v) is 33.9. The average molecular weight is 1670 g/mol. The second kappa shape index (κ2) is 39.1. The van der Waals surface area contributed by atoms with Crippen molar-refractivity contribution in [3.63, 3.8) is 0 Å². The Hall–Kier alpha value is -7.84. The molecule has 0 atom stereocenters. The Bertz CT molecular complexity index is 3600. The van der Waals surface area contributed by atoms with Gasteiger partial charge in [-0.2, -0.15) is 79.0 Å². The van der Waals surface area contributed by atoms with E-state index in [1.807, 2.05) is 41.5 Å². The highest BCUT2D eigenvalue weighted by molar-refractivity contribution is 6.94. The van der Waals surface area contributed by atoms with Crippen LogP contribution in [0.1, 0.15) is 181 Å². The van der Waals surface area contributed by atoms with Crippen molar-refractivity contribution in [2.45, 2.75) is 213 Å². The van der Waals surface area contributed by atoms with E-state index in [-0.39, 0.29) is 53.4 Å². The van der Waals surface area contributed by atoms with Gasteiger partial charge in [0, 0.05) is 0 Å². The van der Waals surface area contributed by atoms with Crippen LogP contribution in [0, 0.1) is 6.92 Å². The summed E-state index contributed by atoms with van der Waals surface area (Å²) in [4.78, 5) is 0. The number of aryl methyl sites for hydroxylation is 1. The maximum absolute atomic E-state index is 12.9. The summed E-state index contributed by atoms with van der Waals surface area (Å²) in [6.07, 6.45) is -45.8. The van der Waals surface area contributed by atoms with Gasteiger partial charge in [0.15, 0.2) is 28.4 Å². The summed E-state index contributed by atoms with van der Waals surface area (Å²) in [6.45, 7) is 22.8. The quantitative estimate of drug-likeness (QED) is 0.0852. The third-order valence-electron chi connectivity index (χ3n) is 15.1. The molecule has 0 fully saturated rings. The highest BCUT2D eigenvalue weighted by Crippen LogP contribution is 2.52. The molecule has 5 nitrogen and oxygen atoms in total. The van der Waals surface area contributed by atoms with Crippen molar-refractivity contribution < 1.29 is 173 Å². The van der Waals surface area contributed by atoms with Crippen LogP contribution in [0.25, 0.3) is 0 Å². The minimum atomic E-state index is -5.59. The Morgan fingerprint density at radius 3 is 0.900 bits per heavy atom. The molecule has 0 aliphatic carbocycles. The van der Waals surface area contributed by atoms with Crippen molar-refractivity contribution in [1.29, 1.82) is 0 Å². The summed E-state index contributed by atoms with van der Waals surface area (Å²) >= 11 is 0. The summed E-state index contributed by atoms with van der Waals surface area (Å²) in [7, 11) is -5.09. The molecule has 0 spiro atoms. The topological polar surface area (TPSA) is 46.2 Å². The average Bonchev–Trinajstić information content (AvgIpc) is 0.753. The molecule has 110 heavy (non-hydrogen) atoms. The molecule has 6 aromatic carbocycles. The van der Waals surface area contributed by atoms with Gasteiger partial charge in [-0.25, -0.2) is 0 Å². The van der Waals surface area contributed by atoms with Gasteiger partial charge >= 0.3 is 76.2 Å². The fourth-order valence-corrected chi connectivity index (χ4v) is 10.5. The van der Waals surface area contributed by atoms with E-state index in [2.05, 4.69) is 23.7 Å². The smallest absolute Gasteiger partial charge is 0.406 e. The largest absolute Gasteiger partial charge is 0.573 e. The van der Waals surface area contributed by atoms with Crippen LogP contribution in [0.4, 0.5) is 149 Å². The molecule has 0 N–H and O–H groups in total. The lowest BCUT2D eigenvalue weighted by molar-refractivity contribution is -0.297. The minimum absolute atomic E-state index is 0.0390. The molecule has 0 bridgehead atoms. The first-order valence-electron chi connectivity index (χ1n) is 31.4. The van der Waals surface area contributed by atoms with E-state index in [9.17, 15) is 149 Å². The Kier molecular flexibility index (Phi) is 36.3. The van der Waals surface area contributed by atoms with Gasteiger partial charge in [-0.15, -0.1) is 65.9 Å². The van der Waals surface area contributed by atoms with E-state index in [1.165, 1.54) is 55.5 Å². The fraction of sp³-hybridized carbons (Fsp3) is 0.486. The number of hydrogen-bond donors (Lipinski definition) is 0. The summed E-state index contributed by atoms with van der Waals surface area (Å²) < 4.78 is 438. The summed E-state index contributed by atoms with van der Waals surface area (Å²) in [5.41, 5.74) is -4.58. The lowest BCUT2D eigenvalue weighted by atomic mass is 9.80. The minimum Gasteiger partial charge on any atom is -0.406 e. The van der Waals surface area contributed by atoms with Gasteiger partial charge in [-0.05, 0) is 148 Å². The second-order valence-electron chi connectivity index (χ2n) is 25.4. The highest BCUT2D eigenvalue weighted by atomic mass is 28.3. The van der Waals surface area contributed by atoms with E-state index in [1.54, 1.807) is 53.7 Å². The zero-order valence-electron chi connectivity index (χ0n) is 60.4. The van der Waals surface area contributed by atoms with Gasteiger partial charge in [-0.1, -0.05) is 162 Å². The molecular formula is C70H74F34O5Si. The van der Waals surface area contributed by atoms with Crippen molar-refractivity contribution in [2.24, 2.45) is 0 Å². The molecule has 6 aromatic rings. The SMILES string of the molecule is CC(C)c1ccc(C(C)(C(F)(F)F)C(F)(F)F)cc1.CC(C)c1ccc(C(F)(F)F)c(C(F)(F)F)c1.CC(C)c1ccc(OC(F)(F)F)c(OC(F)(F)F)c1.CC(C)c1ccc(OC(F)(F)F)cc1.CC(C)c1ccc([Si](C)(C(F)(F)F)C(F)(F)F)cc1.CF.Cc1cc(C(C)C)cc(OC(F)(F)F)c1OC(F)(F)F. The van der Waals surface area contributed by atoms with Crippen LogP contribution >= 0.6 is 0 Å². The van der Waals surface area contributed by atoms with Crippen molar-refractivity contribution in [1.82, 2.24) is 0 Å². The van der Waals surface area contributed by atoms with Gasteiger partial charge in [0.25, 0.3) is 0 Å². The van der Waals surface area contributed by atoms with Crippen molar-refractivity contribution in [2.75, 3.05) is 7.18 Å². The maximum Gasteiger partial charge on any atom is 0.573 e. The van der Waals surface area contributed by atoms with Crippen LogP contribution in [-0.4, -0.2) is 71.0 Å². The Morgan fingerprint density at radius 2 is 0.582 bits per heavy atom. The van der Waals surface area contributed by atoms with Gasteiger partial charge in [-0.3, -0.25) is 4.39 Å². The van der Waals surface area contributed by atoms with Gasteiger partial charge in [0.05, 0.1) is 18.3 Å². The number of halogens is 34. The van der Waals surface area contributed by atoms with Crippen LogP contribution < -0.4 is 28.9 Å². The maximum atomic E-state index is 12.9. The molecule has 40 heteroatoms. The normalized spacial score (nSPS) is 12.9. The Balaban J connectivity index is 0.00000129. The Morgan fingerprint density at radius 1 is 0.291 bits per heavy atom. The number of alkyl halides is 34. The van der Waals surface area contributed by atoms with Crippen molar-refractivity contribution >= 4 is 13.3 Å². The molecule has 0 aliphatic rings. The lowest BCUT2D eigenvalue weighted by Crippen LogP contribution is -2.68. The molecule has 0 saturated heterocycles. The number of ether oxygens (including phenoxy) is 5. The van der Waals surface area contributed by atoms with Crippen LogP contribution in [0.15, 0.2) is 121 Å². The predicted octanol–water partition coefficient (Wildman–Crippen LogP) is 28.2. The van der Waals surface area contributed by atoms with Crippen molar-refractivity contribution in [3.05, 3.63) is 177 Å². The third kappa shape index (κ3) is 32.8. The number of benzene rings is 6. The second-order valence-corrected chi connectivity index (χ2v) is 29.4. The van der Waals surface area contributed by atoms with E-state index < -0.39 is 126 Å². The van der Waals surface area contributed by atoms with Crippen molar-refractivity contribution in [3.8, 4) is 28.7 Å². The first-order chi connectivity index (χ1) is 49.1. The molecule has 626 valence electrons. The molecule has 0 amide bonds. The van der Waals surface area contributed by atoms with E-state index >= 15 is 0 Å². The molecule has 0 heterocycles. The molecule has 0 aliphatic heterocycles. The van der Waals surface area contributed by atoms with E-state index in [4.69, 9.17) is 0 Å². The number of hydrogen-bond acceptors (Lipinski definition) is 5. The number of rotatable bonds is 13. The molecule has 6 rings (SSSR count). The molecule has 0 radical (unpaired) electrons. The molecular weight excluding hydrogens is 1590 g/mol. The lowest BCUT2D eigenvalue weighted by Gasteiger charge is -2.34. The standard InChI is InChI=1S/C13H14F6.C12H12F6O2.C12H14F6Si.C11H10F6O2.C11H10F6.C10H11F3O.CH3F/c1-8(2)9-4-6-10(7-5-9)11(3,12(14,15)16)13(17,18)19;1-6(2)8-4-7(3)10(20-12(16,17)18)9(5-8)19-11(13,14)15;1-8(2)9-4-6-10(7-5-9)19(3,11(13,14)15)12(16,17)18;1-6(2)7-3-4-8(18-10(12,13)14)9(5-7)19-11(15,16)17;1-6(2)7-3-4-8(10(12,13)14)9(5-7)11(15,16)17;1-7(2)8-3-5-9(6-4-8)14-10(11,12)13;1-2/h4-8H,1-3H3;4-6H,1-3H3;4-8H,1-3H3;3-6H,1-2H3;3-6H,1-2H3;3-7H,1-2H3;1H3. The summed E-state index contributed by atoms with van der Waals surface area (Å²) in [6, 6.07) is 22.2. The fourth-order valence-electron chi connectivity index (χ4n) is 8.68. The highest BCUT2D eigenvalue weighted by Gasteiger charge is 2.72. The molecule has 0 unspecified atom stereocenters. The molecule has 0 saturated carbocycles.